The van der Waals surface area contributed by atoms with Crippen molar-refractivity contribution in [1.82, 2.24) is 15.8 Å². The molecule has 0 bridgehead atoms. The Morgan fingerprint density at radius 2 is 2.12 bits per heavy atom. The molecule has 6 heteroatoms. The Kier molecular flexibility index (Phi) is 8.65. The fraction of sp³-hybridized carbons (Fsp3) is 0.600. The lowest BCUT2D eigenvalue weighted by atomic mass is 10.0. The number of rotatable bonds is 10. The number of aliphatic hydroxyl groups is 1. The summed E-state index contributed by atoms with van der Waals surface area (Å²) < 4.78 is 5.56. The molecule has 1 heterocycles. The van der Waals surface area contributed by atoms with Gasteiger partial charge >= 0.3 is 0 Å². The van der Waals surface area contributed by atoms with E-state index in [9.17, 15) is 9.90 Å². The van der Waals surface area contributed by atoms with Gasteiger partial charge in [0.15, 0.2) is 0 Å². The zero-order valence-electron chi connectivity index (χ0n) is 15.8. The molecule has 0 amide bonds. The van der Waals surface area contributed by atoms with E-state index < -0.39 is 6.10 Å². The van der Waals surface area contributed by atoms with Gasteiger partial charge in [0.2, 0.25) is 0 Å². The number of aliphatic hydroxyl groups excluding tert-OH is 1. The third-order valence-corrected chi connectivity index (χ3v) is 4.33. The van der Waals surface area contributed by atoms with Crippen LogP contribution in [0.25, 0.3) is 0 Å². The van der Waals surface area contributed by atoms with Gasteiger partial charge in [0.1, 0.15) is 24.0 Å². The Morgan fingerprint density at radius 1 is 1.35 bits per heavy atom. The van der Waals surface area contributed by atoms with E-state index in [1.807, 2.05) is 35.3 Å². The summed E-state index contributed by atoms with van der Waals surface area (Å²) in [6, 6.07) is 10.1. The van der Waals surface area contributed by atoms with E-state index in [2.05, 4.69) is 30.5 Å². The van der Waals surface area contributed by atoms with Crippen LogP contribution in [0.3, 0.4) is 0 Å². The third-order valence-electron chi connectivity index (χ3n) is 4.33. The lowest BCUT2D eigenvalue weighted by Crippen LogP contribution is -2.49. The minimum absolute atomic E-state index is 0.286. The van der Waals surface area contributed by atoms with Crippen LogP contribution in [-0.2, 0) is 4.79 Å². The summed E-state index contributed by atoms with van der Waals surface area (Å²) in [5.74, 6) is 2.84. The lowest BCUT2D eigenvalue weighted by Gasteiger charge is -2.35. The van der Waals surface area contributed by atoms with Gasteiger partial charge in [-0.25, -0.2) is 10.2 Å². The summed E-state index contributed by atoms with van der Waals surface area (Å²) in [7, 11) is 0. The maximum atomic E-state index is 11.2. The standard InChI is InChI=1S/C20H31N3O3/c1-16(2)22-23-12-10-17(13-18(23)14-24)21-11-6-7-19(25)15-26-20-8-4-3-5-9-20/h3-5,8-9,16-17,19,21-22,25H,6-7,10-13,15H2,1-2H3. The average Bonchev–Trinajstić information content (AvgIpc) is 2.65. The largest absolute Gasteiger partial charge is 0.491 e. The highest BCUT2D eigenvalue weighted by Crippen LogP contribution is 2.17. The highest BCUT2D eigenvalue weighted by molar-refractivity contribution is 5.52. The van der Waals surface area contributed by atoms with Gasteiger partial charge in [0.05, 0.1) is 6.10 Å². The third kappa shape index (κ3) is 7.18. The summed E-state index contributed by atoms with van der Waals surface area (Å²) >= 11 is 0. The van der Waals surface area contributed by atoms with Crippen molar-refractivity contribution in [2.45, 2.75) is 57.7 Å². The summed E-state index contributed by atoms with van der Waals surface area (Å²) in [5.41, 5.74) is 3.95. The lowest BCUT2D eigenvalue weighted by molar-refractivity contribution is 0.0975. The molecule has 0 radical (unpaired) electrons. The smallest absolute Gasteiger partial charge is 0.147 e. The number of para-hydroxylation sites is 1. The number of piperidine rings is 1. The monoisotopic (exact) mass is 361 g/mol. The van der Waals surface area contributed by atoms with Crippen LogP contribution in [-0.4, -0.2) is 53.9 Å². The zero-order chi connectivity index (χ0) is 18.8. The minimum Gasteiger partial charge on any atom is -0.491 e. The number of carbonyl (C=O) groups excluding carboxylic acids is 1. The number of nitrogens with one attached hydrogen (secondary N) is 2. The average molecular weight is 361 g/mol. The van der Waals surface area contributed by atoms with Gasteiger partial charge in [-0.1, -0.05) is 18.2 Å². The Labute approximate surface area is 156 Å². The number of benzene rings is 1. The second kappa shape index (κ2) is 11.0. The van der Waals surface area contributed by atoms with Crippen molar-refractivity contribution in [3.05, 3.63) is 36.0 Å². The number of hydrazine groups is 1. The van der Waals surface area contributed by atoms with Crippen molar-refractivity contribution in [1.29, 1.82) is 0 Å². The molecular formula is C20H31N3O3. The molecule has 0 saturated carbocycles. The highest BCUT2D eigenvalue weighted by Gasteiger charge is 2.23. The summed E-state index contributed by atoms with van der Waals surface area (Å²) in [4.78, 5) is 11.2. The molecule has 0 spiro atoms. The Balaban J connectivity index is 1.60. The van der Waals surface area contributed by atoms with Gasteiger partial charge < -0.3 is 20.2 Å². The van der Waals surface area contributed by atoms with Crippen molar-refractivity contribution in [3.63, 3.8) is 0 Å². The van der Waals surface area contributed by atoms with Crippen molar-refractivity contribution in [3.8, 4) is 5.75 Å². The Hall–Kier alpha value is -1.85. The normalized spacial score (nSPS) is 18.7. The molecule has 0 aliphatic carbocycles. The molecule has 1 fully saturated rings. The van der Waals surface area contributed by atoms with Gasteiger partial charge in [-0.3, -0.25) is 0 Å². The van der Waals surface area contributed by atoms with Crippen molar-refractivity contribution in [2.75, 3.05) is 19.7 Å². The topological polar surface area (TPSA) is 73.8 Å². The predicted molar refractivity (Wildman–Crippen MR) is 102 cm³/mol. The van der Waals surface area contributed by atoms with Crippen LogP contribution in [0, 0.1) is 0 Å². The molecule has 6 nitrogen and oxygen atoms in total. The van der Waals surface area contributed by atoms with Crippen LogP contribution in [0.1, 0.15) is 39.5 Å². The van der Waals surface area contributed by atoms with E-state index in [1.54, 1.807) is 0 Å². The maximum Gasteiger partial charge on any atom is 0.147 e. The van der Waals surface area contributed by atoms with Crippen LogP contribution in [0.5, 0.6) is 5.75 Å². The number of nitrogens with zero attached hydrogens (tertiary/aromatic N) is 1. The first-order valence-corrected chi connectivity index (χ1v) is 9.45. The second-order valence-electron chi connectivity index (χ2n) is 7.05. The van der Waals surface area contributed by atoms with Gasteiger partial charge in [0, 0.05) is 25.0 Å². The number of hydrogen-bond donors (Lipinski definition) is 3. The quantitative estimate of drug-likeness (QED) is 0.437. The molecule has 144 valence electrons. The van der Waals surface area contributed by atoms with Crippen molar-refractivity contribution in [2.24, 2.45) is 0 Å². The molecule has 3 N–H and O–H groups in total. The van der Waals surface area contributed by atoms with Gasteiger partial charge in [-0.2, -0.15) is 0 Å². The van der Waals surface area contributed by atoms with Crippen LogP contribution >= 0.6 is 0 Å². The maximum absolute atomic E-state index is 11.2. The molecule has 0 aromatic heterocycles. The predicted octanol–water partition coefficient (Wildman–Crippen LogP) is 1.89. The SMILES string of the molecule is CC(C)NN1CCC(NCCCC(O)COc2ccccc2)CC1=C=O. The van der Waals surface area contributed by atoms with E-state index in [0.29, 0.717) is 31.2 Å². The van der Waals surface area contributed by atoms with E-state index in [4.69, 9.17) is 4.74 Å². The molecule has 1 saturated heterocycles. The van der Waals surface area contributed by atoms with Crippen LogP contribution < -0.4 is 15.5 Å². The molecule has 1 aromatic rings. The summed E-state index contributed by atoms with van der Waals surface area (Å²) in [5, 5.41) is 15.4. The van der Waals surface area contributed by atoms with E-state index in [1.165, 1.54) is 0 Å². The van der Waals surface area contributed by atoms with E-state index >= 15 is 0 Å². The van der Waals surface area contributed by atoms with Crippen LogP contribution in [0.2, 0.25) is 0 Å². The van der Waals surface area contributed by atoms with Gasteiger partial charge in [0.25, 0.3) is 0 Å². The van der Waals surface area contributed by atoms with E-state index in [-0.39, 0.29) is 6.04 Å². The molecule has 1 aliphatic heterocycles. The van der Waals surface area contributed by atoms with Gasteiger partial charge in [-0.05, 0) is 51.8 Å². The zero-order valence-corrected chi connectivity index (χ0v) is 15.8. The number of ether oxygens (including phenoxy) is 1. The summed E-state index contributed by atoms with van der Waals surface area (Å²) in [6.07, 6.45) is 2.74. The second-order valence-corrected chi connectivity index (χ2v) is 7.05. The van der Waals surface area contributed by atoms with E-state index in [0.717, 1.165) is 31.7 Å². The fourth-order valence-corrected chi connectivity index (χ4v) is 3.03. The van der Waals surface area contributed by atoms with Crippen LogP contribution in [0.4, 0.5) is 0 Å². The minimum atomic E-state index is -0.473. The molecule has 26 heavy (non-hydrogen) atoms. The molecule has 2 rings (SSSR count). The highest BCUT2D eigenvalue weighted by atomic mass is 16.5. The molecule has 2 unspecified atom stereocenters. The molecule has 2 atom stereocenters. The van der Waals surface area contributed by atoms with Crippen molar-refractivity contribution >= 4 is 5.94 Å². The first-order valence-electron chi connectivity index (χ1n) is 9.45. The van der Waals surface area contributed by atoms with Crippen LogP contribution in [0.15, 0.2) is 36.0 Å². The molecule has 1 aromatic carbocycles. The molecular weight excluding hydrogens is 330 g/mol. The molecule has 1 aliphatic rings. The summed E-state index contributed by atoms with van der Waals surface area (Å²) in [6.45, 7) is 6.03. The van der Waals surface area contributed by atoms with Crippen molar-refractivity contribution < 1.29 is 14.6 Å². The number of hydrogen-bond acceptors (Lipinski definition) is 6. The van der Waals surface area contributed by atoms with Gasteiger partial charge in [-0.15, -0.1) is 0 Å². The first kappa shape index (κ1) is 20.5. The first-order chi connectivity index (χ1) is 12.6. The Bertz CT molecular complexity index is 573. The fourth-order valence-electron chi connectivity index (χ4n) is 3.03. The Morgan fingerprint density at radius 3 is 2.81 bits per heavy atom.